The lowest BCUT2D eigenvalue weighted by molar-refractivity contribution is 0.105. The highest BCUT2D eigenvalue weighted by atomic mass is 79.9. The van der Waals surface area contributed by atoms with Crippen LogP contribution in [0.25, 0.3) is 0 Å². The SMILES string of the molecule is CCONS(=O)(=O)c1ccc(Br)cc1F. The van der Waals surface area contributed by atoms with E-state index < -0.39 is 20.7 Å². The molecule has 0 spiro atoms. The topological polar surface area (TPSA) is 55.4 Å². The molecule has 1 aromatic rings. The average molecular weight is 298 g/mol. The van der Waals surface area contributed by atoms with Crippen molar-refractivity contribution in [2.45, 2.75) is 11.8 Å². The molecule has 0 aliphatic heterocycles. The molecule has 0 fully saturated rings. The number of benzene rings is 1. The van der Waals surface area contributed by atoms with E-state index >= 15 is 0 Å². The van der Waals surface area contributed by atoms with Crippen molar-refractivity contribution >= 4 is 26.0 Å². The van der Waals surface area contributed by atoms with Crippen molar-refractivity contribution in [1.82, 2.24) is 4.89 Å². The third-order valence-electron chi connectivity index (χ3n) is 1.50. The molecular formula is C8H9BrFNO3S. The maximum atomic E-state index is 13.3. The minimum absolute atomic E-state index is 0.164. The first-order valence-corrected chi connectivity index (χ1v) is 6.33. The third kappa shape index (κ3) is 3.23. The normalized spacial score (nSPS) is 11.7. The predicted octanol–water partition coefficient (Wildman–Crippen LogP) is 1.82. The molecule has 0 amide bonds. The van der Waals surface area contributed by atoms with Gasteiger partial charge in [-0.2, -0.15) is 0 Å². The van der Waals surface area contributed by atoms with Crippen molar-refractivity contribution in [3.8, 4) is 0 Å². The van der Waals surface area contributed by atoms with Crippen LogP contribution in [-0.2, 0) is 14.9 Å². The Labute approximate surface area is 95.6 Å². The van der Waals surface area contributed by atoms with Crippen molar-refractivity contribution in [2.24, 2.45) is 0 Å². The van der Waals surface area contributed by atoms with Gasteiger partial charge < -0.3 is 0 Å². The van der Waals surface area contributed by atoms with Crippen LogP contribution in [0.3, 0.4) is 0 Å². The van der Waals surface area contributed by atoms with Gasteiger partial charge in [0.2, 0.25) is 0 Å². The number of sulfonamides is 1. The van der Waals surface area contributed by atoms with Crippen molar-refractivity contribution in [2.75, 3.05) is 6.61 Å². The van der Waals surface area contributed by atoms with E-state index in [1.807, 2.05) is 0 Å². The van der Waals surface area contributed by atoms with Gasteiger partial charge in [0.15, 0.2) is 0 Å². The maximum Gasteiger partial charge on any atom is 0.265 e. The molecule has 1 N–H and O–H groups in total. The van der Waals surface area contributed by atoms with E-state index in [4.69, 9.17) is 0 Å². The Balaban J connectivity index is 3.05. The van der Waals surface area contributed by atoms with Crippen molar-refractivity contribution in [1.29, 1.82) is 0 Å². The van der Waals surface area contributed by atoms with Gasteiger partial charge >= 0.3 is 0 Å². The molecule has 0 saturated carbocycles. The monoisotopic (exact) mass is 297 g/mol. The Kier molecular flexibility index (Phi) is 4.21. The van der Waals surface area contributed by atoms with Gasteiger partial charge in [-0.3, -0.25) is 4.84 Å². The number of nitrogens with one attached hydrogen (secondary N) is 1. The summed E-state index contributed by atoms with van der Waals surface area (Å²) in [6.07, 6.45) is 0. The average Bonchev–Trinajstić information content (AvgIpc) is 2.14. The molecule has 0 unspecified atom stereocenters. The largest absolute Gasteiger partial charge is 0.287 e. The highest BCUT2D eigenvalue weighted by Crippen LogP contribution is 2.18. The highest BCUT2D eigenvalue weighted by Gasteiger charge is 2.18. The fourth-order valence-electron chi connectivity index (χ4n) is 0.875. The number of hydrogen-bond donors (Lipinski definition) is 1. The molecule has 0 radical (unpaired) electrons. The highest BCUT2D eigenvalue weighted by molar-refractivity contribution is 9.10. The first-order chi connectivity index (χ1) is 6.97. The summed E-state index contributed by atoms with van der Waals surface area (Å²) in [5.41, 5.74) is 0. The number of halogens is 2. The van der Waals surface area contributed by atoms with E-state index in [2.05, 4.69) is 20.8 Å². The third-order valence-corrected chi connectivity index (χ3v) is 3.24. The molecule has 7 heteroatoms. The van der Waals surface area contributed by atoms with Crippen molar-refractivity contribution < 1.29 is 17.6 Å². The first kappa shape index (κ1) is 12.6. The Morgan fingerprint density at radius 2 is 2.20 bits per heavy atom. The molecular weight excluding hydrogens is 289 g/mol. The van der Waals surface area contributed by atoms with Crippen LogP contribution in [-0.4, -0.2) is 15.0 Å². The van der Waals surface area contributed by atoms with E-state index in [1.54, 1.807) is 11.8 Å². The number of rotatable bonds is 4. The summed E-state index contributed by atoms with van der Waals surface area (Å²) < 4.78 is 36.6. The summed E-state index contributed by atoms with van der Waals surface area (Å²) >= 11 is 3.03. The summed E-state index contributed by atoms with van der Waals surface area (Å²) in [6, 6.07) is 3.66. The molecule has 15 heavy (non-hydrogen) atoms. The molecule has 0 aromatic heterocycles. The quantitative estimate of drug-likeness (QED) is 0.863. The van der Waals surface area contributed by atoms with Crippen LogP contribution in [0.5, 0.6) is 0 Å². The second-order valence-electron chi connectivity index (χ2n) is 2.59. The summed E-state index contributed by atoms with van der Waals surface area (Å²) in [7, 11) is -3.94. The summed E-state index contributed by atoms with van der Waals surface area (Å²) in [5.74, 6) is -0.837. The zero-order valence-electron chi connectivity index (χ0n) is 7.83. The Bertz CT molecular complexity index is 449. The smallest absolute Gasteiger partial charge is 0.265 e. The molecule has 84 valence electrons. The summed E-state index contributed by atoms with van der Waals surface area (Å²) in [6.45, 7) is 1.78. The fraction of sp³-hybridized carbons (Fsp3) is 0.250. The van der Waals surface area contributed by atoms with Crippen LogP contribution in [0, 0.1) is 5.82 Å². The summed E-state index contributed by atoms with van der Waals surface area (Å²) in [4.78, 5) is 5.88. The Hall–Kier alpha value is -0.500. The van der Waals surface area contributed by atoms with Gasteiger partial charge in [0.05, 0.1) is 6.61 Å². The van der Waals surface area contributed by atoms with Crippen molar-refractivity contribution in [3.63, 3.8) is 0 Å². The standard InChI is InChI=1S/C8H9BrFNO3S/c1-2-14-11-15(12,13)8-4-3-6(9)5-7(8)10/h3-5,11H,2H2,1H3. The van der Waals surface area contributed by atoms with E-state index in [9.17, 15) is 12.8 Å². The van der Waals surface area contributed by atoms with Gasteiger partial charge in [0, 0.05) is 4.47 Å². The molecule has 0 atom stereocenters. The van der Waals surface area contributed by atoms with Crippen LogP contribution in [0.4, 0.5) is 4.39 Å². The van der Waals surface area contributed by atoms with Crippen LogP contribution >= 0.6 is 15.9 Å². The zero-order chi connectivity index (χ0) is 11.5. The molecule has 0 heterocycles. The second kappa shape index (κ2) is 5.02. The molecule has 1 rings (SSSR count). The van der Waals surface area contributed by atoms with Gasteiger partial charge in [-0.1, -0.05) is 20.8 Å². The van der Waals surface area contributed by atoms with Gasteiger partial charge in [0.25, 0.3) is 10.0 Å². The molecule has 0 saturated heterocycles. The van der Waals surface area contributed by atoms with Crippen LogP contribution in [0.1, 0.15) is 6.92 Å². The number of hydrogen-bond acceptors (Lipinski definition) is 3. The molecule has 4 nitrogen and oxygen atoms in total. The Morgan fingerprint density at radius 3 is 2.73 bits per heavy atom. The Morgan fingerprint density at radius 1 is 1.53 bits per heavy atom. The van der Waals surface area contributed by atoms with Crippen molar-refractivity contribution in [3.05, 3.63) is 28.5 Å². The predicted molar refractivity (Wildman–Crippen MR) is 56.0 cm³/mol. The first-order valence-electron chi connectivity index (χ1n) is 4.06. The molecule has 0 bridgehead atoms. The molecule has 0 aliphatic rings. The van der Waals surface area contributed by atoms with Crippen LogP contribution in [0.2, 0.25) is 0 Å². The van der Waals surface area contributed by atoms with Gasteiger partial charge in [-0.25, -0.2) is 12.8 Å². The van der Waals surface area contributed by atoms with E-state index in [0.717, 1.165) is 12.1 Å². The lowest BCUT2D eigenvalue weighted by Gasteiger charge is -2.06. The zero-order valence-corrected chi connectivity index (χ0v) is 10.2. The van der Waals surface area contributed by atoms with E-state index in [-0.39, 0.29) is 6.61 Å². The minimum Gasteiger partial charge on any atom is -0.287 e. The van der Waals surface area contributed by atoms with Crippen LogP contribution < -0.4 is 4.89 Å². The molecule has 0 aliphatic carbocycles. The van der Waals surface area contributed by atoms with E-state index in [1.165, 1.54) is 6.07 Å². The van der Waals surface area contributed by atoms with Crippen LogP contribution in [0.15, 0.2) is 27.6 Å². The summed E-state index contributed by atoms with van der Waals surface area (Å²) in [5, 5.41) is 0. The maximum absolute atomic E-state index is 13.3. The second-order valence-corrected chi connectivity index (χ2v) is 5.12. The van der Waals surface area contributed by atoms with Gasteiger partial charge in [0.1, 0.15) is 10.7 Å². The van der Waals surface area contributed by atoms with E-state index in [0.29, 0.717) is 4.47 Å². The minimum atomic E-state index is -3.94. The van der Waals surface area contributed by atoms with Gasteiger partial charge in [-0.05, 0) is 25.1 Å². The lowest BCUT2D eigenvalue weighted by atomic mass is 10.3. The lowest BCUT2D eigenvalue weighted by Crippen LogP contribution is -2.24. The molecule has 1 aromatic carbocycles. The van der Waals surface area contributed by atoms with Gasteiger partial charge in [-0.15, -0.1) is 0 Å². The fourth-order valence-corrected chi connectivity index (χ4v) is 2.13.